The molecule has 1 N–H and O–H groups in total. The van der Waals surface area contributed by atoms with E-state index in [0.717, 1.165) is 18.2 Å². The Bertz CT molecular complexity index is 833. The molecule has 29 heavy (non-hydrogen) atoms. The molecule has 0 bridgehead atoms. The van der Waals surface area contributed by atoms with Gasteiger partial charge in [0.25, 0.3) is 0 Å². The van der Waals surface area contributed by atoms with Crippen molar-refractivity contribution in [3.8, 4) is 0 Å². The van der Waals surface area contributed by atoms with E-state index in [-0.39, 0.29) is 28.9 Å². The summed E-state index contributed by atoms with van der Waals surface area (Å²) in [6.07, 6.45) is 3.13. The number of nitrogens with one attached hydrogen (secondary N) is 1. The number of nitrogens with zero attached hydrogens (tertiary/aromatic N) is 1. The number of ether oxygens (including phenoxy) is 1. The number of carbonyl (C=O) groups excluding carboxylic acids is 2. The van der Waals surface area contributed by atoms with Crippen LogP contribution in [0.1, 0.15) is 52.5 Å². The lowest BCUT2D eigenvalue weighted by Gasteiger charge is -2.42. The molecule has 0 radical (unpaired) electrons. The van der Waals surface area contributed by atoms with Crippen molar-refractivity contribution < 1.29 is 22.7 Å². The first-order valence-corrected chi connectivity index (χ1v) is 11.8. The van der Waals surface area contributed by atoms with Gasteiger partial charge in [-0.3, -0.25) is 4.79 Å². The van der Waals surface area contributed by atoms with Crippen molar-refractivity contribution in [1.82, 2.24) is 10.2 Å². The van der Waals surface area contributed by atoms with Crippen LogP contribution in [0.4, 0.5) is 4.79 Å². The SMILES string of the molecule is CCC1(NC(=O)Cc2ccc(S(C)(=O)=O)cc2)CCN(C(=O)OC(C)(C)C)CC1. The zero-order valence-electron chi connectivity index (χ0n) is 17.9. The highest BCUT2D eigenvalue weighted by molar-refractivity contribution is 7.90. The Kier molecular flexibility index (Phi) is 6.98. The molecule has 1 fully saturated rings. The first-order chi connectivity index (χ1) is 13.3. The molecule has 1 saturated heterocycles. The number of hydrogen-bond donors (Lipinski definition) is 1. The summed E-state index contributed by atoms with van der Waals surface area (Å²) >= 11 is 0. The summed E-state index contributed by atoms with van der Waals surface area (Å²) in [4.78, 5) is 26.8. The Morgan fingerprint density at radius 1 is 1.14 bits per heavy atom. The average molecular weight is 425 g/mol. The van der Waals surface area contributed by atoms with Gasteiger partial charge in [0.1, 0.15) is 5.60 Å². The molecule has 0 atom stereocenters. The number of sulfone groups is 1. The normalized spacial score (nSPS) is 16.9. The van der Waals surface area contributed by atoms with Crippen LogP contribution in [-0.4, -0.2) is 55.8 Å². The van der Waals surface area contributed by atoms with Crippen molar-refractivity contribution in [2.75, 3.05) is 19.3 Å². The molecule has 1 aliphatic heterocycles. The topological polar surface area (TPSA) is 92.8 Å². The van der Waals surface area contributed by atoms with Gasteiger partial charge in [0.15, 0.2) is 9.84 Å². The summed E-state index contributed by atoms with van der Waals surface area (Å²) in [5, 5.41) is 3.15. The minimum Gasteiger partial charge on any atom is -0.444 e. The molecule has 0 aliphatic carbocycles. The van der Waals surface area contributed by atoms with Crippen LogP contribution < -0.4 is 5.32 Å². The van der Waals surface area contributed by atoms with E-state index in [0.29, 0.717) is 25.9 Å². The fraction of sp³-hybridized carbons (Fsp3) is 0.619. The van der Waals surface area contributed by atoms with E-state index in [1.54, 1.807) is 17.0 Å². The third-order valence-electron chi connectivity index (χ3n) is 5.17. The van der Waals surface area contributed by atoms with E-state index in [9.17, 15) is 18.0 Å². The molecule has 162 valence electrons. The second kappa shape index (κ2) is 8.73. The van der Waals surface area contributed by atoms with Gasteiger partial charge in [0.05, 0.1) is 11.3 Å². The third kappa shape index (κ3) is 6.73. The number of hydrogen-bond acceptors (Lipinski definition) is 5. The van der Waals surface area contributed by atoms with Crippen molar-refractivity contribution in [3.05, 3.63) is 29.8 Å². The van der Waals surface area contributed by atoms with Gasteiger partial charge in [-0.05, 0) is 57.7 Å². The highest BCUT2D eigenvalue weighted by atomic mass is 32.2. The van der Waals surface area contributed by atoms with E-state index >= 15 is 0 Å². The Hall–Kier alpha value is -2.09. The highest BCUT2D eigenvalue weighted by Gasteiger charge is 2.36. The lowest BCUT2D eigenvalue weighted by molar-refractivity contribution is -0.123. The molecule has 2 amide bonds. The predicted molar refractivity (Wildman–Crippen MR) is 111 cm³/mol. The van der Waals surface area contributed by atoms with Crippen molar-refractivity contribution in [1.29, 1.82) is 0 Å². The molecular weight excluding hydrogens is 392 g/mol. The van der Waals surface area contributed by atoms with E-state index in [1.807, 2.05) is 27.7 Å². The molecular formula is C21H32N2O5S. The Balaban J connectivity index is 1.94. The maximum Gasteiger partial charge on any atom is 0.410 e. The van der Waals surface area contributed by atoms with Crippen LogP contribution in [0.3, 0.4) is 0 Å². The predicted octanol–water partition coefficient (Wildman–Crippen LogP) is 2.93. The van der Waals surface area contributed by atoms with Crippen molar-refractivity contribution in [3.63, 3.8) is 0 Å². The summed E-state index contributed by atoms with van der Waals surface area (Å²) in [6.45, 7) is 8.62. The zero-order chi connectivity index (χ0) is 21.9. The van der Waals surface area contributed by atoms with Crippen molar-refractivity contribution in [2.45, 2.75) is 69.4 Å². The number of likely N-dealkylation sites (tertiary alicyclic amines) is 1. The molecule has 8 heteroatoms. The van der Waals surface area contributed by atoms with Gasteiger partial charge in [0.2, 0.25) is 5.91 Å². The summed E-state index contributed by atoms with van der Waals surface area (Å²) in [7, 11) is -3.25. The molecule has 7 nitrogen and oxygen atoms in total. The fourth-order valence-electron chi connectivity index (χ4n) is 3.39. The second-order valence-electron chi connectivity index (χ2n) is 8.74. The van der Waals surface area contributed by atoms with Crippen LogP contribution in [-0.2, 0) is 25.8 Å². The van der Waals surface area contributed by atoms with E-state index in [2.05, 4.69) is 5.32 Å². The number of benzene rings is 1. The number of piperidine rings is 1. The summed E-state index contributed by atoms with van der Waals surface area (Å²) < 4.78 is 28.5. The minimum atomic E-state index is -3.25. The van der Waals surface area contributed by atoms with Crippen LogP contribution in [0.25, 0.3) is 0 Å². The van der Waals surface area contributed by atoms with Crippen molar-refractivity contribution >= 4 is 21.8 Å². The molecule has 0 unspecified atom stereocenters. The van der Waals surface area contributed by atoms with Crippen LogP contribution in [0.5, 0.6) is 0 Å². The Labute approximate surface area is 173 Å². The fourth-order valence-corrected chi connectivity index (χ4v) is 4.02. The summed E-state index contributed by atoms with van der Waals surface area (Å²) in [5.74, 6) is -0.107. The summed E-state index contributed by atoms with van der Waals surface area (Å²) in [6, 6.07) is 6.37. The quantitative estimate of drug-likeness (QED) is 0.784. The van der Waals surface area contributed by atoms with E-state index < -0.39 is 15.4 Å². The molecule has 0 aromatic heterocycles. The molecule has 0 saturated carbocycles. The van der Waals surface area contributed by atoms with Gasteiger partial charge < -0.3 is 15.0 Å². The first-order valence-electron chi connectivity index (χ1n) is 9.91. The minimum absolute atomic E-state index is 0.107. The van der Waals surface area contributed by atoms with Gasteiger partial charge in [-0.1, -0.05) is 19.1 Å². The van der Waals surface area contributed by atoms with Gasteiger partial charge in [-0.2, -0.15) is 0 Å². The van der Waals surface area contributed by atoms with E-state index in [4.69, 9.17) is 4.74 Å². The molecule has 2 rings (SSSR count). The largest absolute Gasteiger partial charge is 0.444 e. The number of carbonyl (C=O) groups is 2. The Morgan fingerprint density at radius 2 is 1.69 bits per heavy atom. The maximum atomic E-state index is 12.6. The second-order valence-corrected chi connectivity index (χ2v) is 10.8. The van der Waals surface area contributed by atoms with Crippen LogP contribution >= 0.6 is 0 Å². The standard InChI is InChI=1S/C21H32N2O5S/c1-6-21(11-13-23(14-12-21)19(25)28-20(2,3)4)22-18(24)15-16-7-9-17(10-8-16)29(5,26)27/h7-10H,6,11-15H2,1-5H3,(H,22,24). The molecule has 0 spiro atoms. The van der Waals surface area contributed by atoms with Gasteiger partial charge in [-0.25, -0.2) is 13.2 Å². The van der Waals surface area contributed by atoms with Gasteiger partial charge >= 0.3 is 6.09 Å². The summed E-state index contributed by atoms with van der Waals surface area (Å²) in [5.41, 5.74) is -0.119. The third-order valence-corrected chi connectivity index (χ3v) is 6.30. The van der Waals surface area contributed by atoms with Crippen LogP contribution in [0, 0.1) is 0 Å². The molecule has 1 heterocycles. The number of amides is 2. The maximum absolute atomic E-state index is 12.6. The first kappa shape index (κ1) is 23.2. The van der Waals surface area contributed by atoms with Gasteiger partial charge in [0, 0.05) is 24.9 Å². The van der Waals surface area contributed by atoms with E-state index in [1.165, 1.54) is 12.1 Å². The molecule has 1 aliphatic rings. The lowest BCUT2D eigenvalue weighted by atomic mass is 9.84. The van der Waals surface area contributed by atoms with Crippen LogP contribution in [0.15, 0.2) is 29.2 Å². The molecule has 1 aromatic carbocycles. The van der Waals surface area contributed by atoms with Gasteiger partial charge in [-0.15, -0.1) is 0 Å². The lowest BCUT2D eigenvalue weighted by Crippen LogP contribution is -2.56. The smallest absolute Gasteiger partial charge is 0.410 e. The van der Waals surface area contributed by atoms with Crippen LogP contribution in [0.2, 0.25) is 0 Å². The molecule has 1 aromatic rings. The Morgan fingerprint density at radius 3 is 2.14 bits per heavy atom. The van der Waals surface area contributed by atoms with Crippen molar-refractivity contribution in [2.24, 2.45) is 0 Å². The zero-order valence-corrected chi connectivity index (χ0v) is 18.8. The number of rotatable bonds is 5. The average Bonchev–Trinajstić information content (AvgIpc) is 2.60. The monoisotopic (exact) mass is 424 g/mol. The highest BCUT2D eigenvalue weighted by Crippen LogP contribution is 2.27.